The van der Waals surface area contributed by atoms with E-state index in [-0.39, 0.29) is 29.7 Å². The molecule has 0 unspecified atom stereocenters. The second-order valence-electron chi connectivity index (χ2n) is 6.19. The minimum Gasteiger partial charge on any atom is -0.372 e. The van der Waals surface area contributed by atoms with Gasteiger partial charge in [-0.2, -0.15) is 0 Å². The Labute approximate surface area is 150 Å². The Bertz CT molecular complexity index is 757. The number of ether oxygens (including phenoxy) is 1. The summed E-state index contributed by atoms with van der Waals surface area (Å²) < 4.78 is 21.3. The summed E-state index contributed by atoms with van der Waals surface area (Å²) in [6.07, 6.45) is 0.0837. The molecule has 1 aromatic heterocycles. The summed E-state index contributed by atoms with van der Waals surface area (Å²) in [6, 6.07) is 6.44. The van der Waals surface area contributed by atoms with E-state index in [1.54, 1.807) is 29.8 Å². The van der Waals surface area contributed by atoms with Crippen LogP contribution in [0.4, 0.5) is 4.39 Å². The molecule has 1 aromatic carbocycles. The highest BCUT2D eigenvalue weighted by atomic mass is 32.2. The van der Waals surface area contributed by atoms with Crippen LogP contribution >= 0.6 is 11.8 Å². The molecule has 1 saturated heterocycles. The van der Waals surface area contributed by atoms with Crippen molar-refractivity contribution in [2.24, 2.45) is 7.05 Å². The molecule has 2 aromatic rings. The molecular weight excluding hydrogens is 343 g/mol. The first kappa shape index (κ1) is 17.9. The summed E-state index contributed by atoms with van der Waals surface area (Å²) >= 11 is 1.31. The quantitative estimate of drug-likeness (QED) is 0.780. The summed E-state index contributed by atoms with van der Waals surface area (Å²) in [5.74, 6) is 0.411. The maximum absolute atomic E-state index is 13.9. The predicted octanol–water partition coefficient (Wildman–Crippen LogP) is 2.35. The van der Waals surface area contributed by atoms with Crippen LogP contribution in [0.15, 0.2) is 29.4 Å². The van der Waals surface area contributed by atoms with Gasteiger partial charge in [0.2, 0.25) is 5.91 Å². The van der Waals surface area contributed by atoms with Crippen LogP contribution in [-0.2, 0) is 16.6 Å². The van der Waals surface area contributed by atoms with E-state index in [9.17, 15) is 9.18 Å². The van der Waals surface area contributed by atoms with Crippen LogP contribution in [0.25, 0.3) is 11.4 Å². The summed E-state index contributed by atoms with van der Waals surface area (Å²) in [7, 11) is 1.77. The number of aromatic nitrogens is 3. The molecule has 2 atom stereocenters. The van der Waals surface area contributed by atoms with Crippen LogP contribution in [0.5, 0.6) is 0 Å². The van der Waals surface area contributed by atoms with Gasteiger partial charge in [-0.1, -0.05) is 23.9 Å². The zero-order chi connectivity index (χ0) is 18.0. The first-order chi connectivity index (χ1) is 12.0. The number of hydrogen-bond acceptors (Lipinski definition) is 5. The van der Waals surface area contributed by atoms with Gasteiger partial charge >= 0.3 is 0 Å². The molecule has 6 nitrogen and oxygen atoms in total. The van der Waals surface area contributed by atoms with Crippen molar-refractivity contribution >= 4 is 17.7 Å². The second-order valence-corrected chi connectivity index (χ2v) is 7.13. The molecule has 8 heteroatoms. The van der Waals surface area contributed by atoms with Crippen molar-refractivity contribution in [1.82, 2.24) is 19.7 Å². The maximum atomic E-state index is 13.9. The minimum atomic E-state index is -0.345. The SMILES string of the molecule is C[C@H]1CN(C(=O)CSc2nnc(-c3ccccc3F)n2C)C[C@H](C)O1. The Balaban J connectivity index is 1.66. The number of rotatable bonds is 4. The third-order valence-electron chi connectivity index (χ3n) is 4.05. The van der Waals surface area contributed by atoms with Gasteiger partial charge < -0.3 is 14.2 Å². The maximum Gasteiger partial charge on any atom is 0.233 e. The number of morpholine rings is 1. The van der Waals surface area contributed by atoms with Crippen LogP contribution in [0.3, 0.4) is 0 Å². The number of halogens is 1. The average Bonchev–Trinajstić information content (AvgIpc) is 2.93. The highest BCUT2D eigenvalue weighted by Gasteiger charge is 2.26. The predicted molar refractivity (Wildman–Crippen MR) is 93.7 cm³/mol. The molecule has 3 rings (SSSR count). The van der Waals surface area contributed by atoms with E-state index in [1.165, 1.54) is 17.8 Å². The van der Waals surface area contributed by atoms with Crippen molar-refractivity contribution in [2.45, 2.75) is 31.2 Å². The largest absolute Gasteiger partial charge is 0.372 e. The van der Waals surface area contributed by atoms with Crippen LogP contribution in [0.2, 0.25) is 0 Å². The van der Waals surface area contributed by atoms with Gasteiger partial charge in [0, 0.05) is 20.1 Å². The van der Waals surface area contributed by atoms with Crippen molar-refractivity contribution in [3.05, 3.63) is 30.1 Å². The molecule has 1 aliphatic heterocycles. The van der Waals surface area contributed by atoms with Gasteiger partial charge in [0.15, 0.2) is 11.0 Å². The molecule has 1 aliphatic rings. The van der Waals surface area contributed by atoms with E-state index in [4.69, 9.17) is 4.74 Å². The van der Waals surface area contributed by atoms with E-state index < -0.39 is 0 Å². The highest BCUT2D eigenvalue weighted by Crippen LogP contribution is 2.25. The topological polar surface area (TPSA) is 60.2 Å². The summed E-state index contributed by atoms with van der Waals surface area (Å²) in [6.45, 7) is 5.13. The van der Waals surface area contributed by atoms with Gasteiger partial charge in [0.1, 0.15) is 5.82 Å². The molecular formula is C17H21FN4O2S. The zero-order valence-electron chi connectivity index (χ0n) is 14.5. The molecule has 0 radical (unpaired) electrons. The first-order valence-electron chi connectivity index (χ1n) is 8.16. The molecule has 0 aliphatic carbocycles. The second kappa shape index (κ2) is 7.53. The van der Waals surface area contributed by atoms with Crippen molar-refractivity contribution in [3.63, 3.8) is 0 Å². The van der Waals surface area contributed by atoms with Crippen LogP contribution in [-0.4, -0.2) is 56.6 Å². The number of benzene rings is 1. The van der Waals surface area contributed by atoms with Gasteiger partial charge in [-0.05, 0) is 26.0 Å². The molecule has 0 saturated carbocycles. The average molecular weight is 364 g/mol. The fourth-order valence-corrected chi connectivity index (χ4v) is 3.73. The smallest absolute Gasteiger partial charge is 0.233 e. The van der Waals surface area contributed by atoms with E-state index >= 15 is 0 Å². The summed E-state index contributed by atoms with van der Waals surface area (Å²) in [5, 5.41) is 8.75. The first-order valence-corrected chi connectivity index (χ1v) is 9.14. The lowest BCUT2D eigenvalue weighted by molar-refractivity contribution is -0.140. The van der Waals surface area contributed by atoms with Gasteiger partial charge in [-0.3, -0.25) is 4.79 Å². The Hall–Kier alpha value is -1.93. The number of carbonyl (C=O) groups excluding carboxylic acids is 1. The van der Waals surface area contributed by atoms with E-state index in [1.807, 2.05) is 18.7 Å². The van der Waals surface area contributed by atoms with Crippen molar-refractivity contribution in [2.75, 3.05) is 18.8 Å². The van der Waals surface area contributed by atoms with Gasteiger partial charge in [0.25, 0.3) is 0 Å². The third-order valence-corrected chi connectivity index (χ3v) is 5.05. The number of thioether (sulfide) groups is 1. The standard InChI is InChI=1S/C17H21FN4O2S/c1-11-8-22(9-12(2)24-11)15(23)10-25-17-20-19-16(21(17)3)13-6-4-5-7-14(13)18/h4-7,11-12H,8-10H2,1-3H3/t11-,12-/m0/s1. The number of hydrogen-bond donors (Lipinski definition) is 0. The molecule has 25 heavy (non-hydrogen) atoms. The van der Waals surface area contributed by atoms with Crippen LogP contribution in [0, 0.1) is 5.82 Å². The van der Waals surface area contributed by atoms with Gasteiger partial charge in [-0.15, -0.1) is 10.2 Å². The van der Waals surface area contributed by atoms with Crippen molar-refractivity contribution in [3.8, 4) is 11.4 Å². The van der Waals surface area contributed by atoms with Crippen LogP contribution in [0.1, 0.15) is 13.8 Å². The molecule has 0 N–H and O–H groups in total. The fraction of sp³-hybridized carbons (Fsp3) is 0.471. The Morgan fingerprint density at radius 3 is 2.64 bits per heavy atom. The third kappa shape index (κ3) is 4.01. The highest BCUT2D eigenvalue weighted by molar-refractivity contribution is 7.99. The Morgan fingerprint density at radius 2 is 1.96 bits per heavy atom. The zero-order valence-corrected chi connectivity index (χ0v) is 15.3. The molecule has 0 spiro atoms. The number of nitrogens with zero attached hydrogens (tertiary/aromatic N) is 4. The van der Waals surface area contributed by atoms with E-state index in [0.29, 0.717) is 29.6 Å². The molecule has 2 heterocycles. The summed E-state index contributed by atoms with van der Waals surface area (Å²) in [4.78, 5) is 14.3. The Morgan fingerprint density at radius 1 is 1.28 bits per heavy atom. The molecule has 134 valence electrons. The van der Waals surface area contributed by atoms with Gasteiger partial charge in [-0.25, -0.2) is 4.39 Å². The van der Waals surface area contributed by atoms with Gasteiger partial charge in [0.05, 0.1) is 23.5 Å². The summed E-state index contributed by atoms with van der Waals surface area (Å²) in [5.41, 5.74) is 0.395. The molecule has 1 fully saturated rings. The lowest BCUT2D eigenvalue weighted by Crippen LogP contribution is -2.48. The van der Waals surface area contributed by atoms with Crippen molar-refractivity contribution in [1.29, 1.82) is 0 Å². The van der Waals surface area contributed by atoms with Crippen molar-refractivity contribution < 1.29 is 13.9 Å². The molecule has 0 bridgehead atoms. The fourth-order valence-electron chi connectivity index (χ4n) is 2.92. The minimum absolute atomic E-state index is 0.0418. The lowest BCUT2D eigenvalue weighted by Gasteiger charge is -2.35. The van der Waals surface area contributed by atoms with E-state index in [2.05, 4.69) is 10.2 Å². The normalized spacial score (nSPS) is 20.7. The van der Waals surface area contributed by atoms with Crippen LogP contribution < -0.4 is 0 Å². The lowest BCUT2D eigenvalue weighted by atomic mass is 10.2. The molecule has 1 amide bonds. The Kier molecular flexibility index (Phi) is 5.39. The number of amides is 1. The van der Waals surface area contributed by atoms with E-state index in [0.717, 1.165) is 0 Å². The number of carbonyl (C=O) groups is 1. The monoisotopic (exact) mass is 364 g/mol.